The van der Waals surface area contributed by atoms with Gasteiger partial charge >= 0.3 is 5.97 Å². The van der Waals surface area contributed by atoms with Gasteiger partial charge in [0.25, 0.3) is 19.4 Å². The van der Waals surface area contributed by atoms with Crippen LogP contribution in [0.4, 0.5) is 5.13 Å². The molecule has 1 saturated heterocycles. The molecule has 0 spiro atoms. The van der Waals surface area contributed by atoms with Crippen LogP contribution in [-0.4, -0.2) is 66.6 Å². The third-order valence-corrected chi connectivity index (χ3v) is 7.78. The molecular weight excluding hydrogens is 545 g/mol. The Hall–Kier alpha value is -3.37. The summed E-state index contributed by atoms with van der Waals surface area (Å²) in [6.07, 6.45) is 3.60. The summed E-state index contributed by atoms with van der Waals surface area (Å²) in [5, 5.41) is 17.9. The van der Waals surface area contributed by atoms with Crippen LogP contribution in [0.15, 0.2) is 47.0 Å². The van der Waals surface area contributed by atoms with E-state index in [0.717, 1.165) is 11.5 Å². The highest BCUT2D eigenvalue weighted by molar-refractivity contribution is 8.00. The second kappa shape index (κ2) is 10.9. The van der Waals surface area contributed by atoms with Gasteiger partial charge in [0.15, 0.2) is 18.9 Å². The van der Waals surface area contributed by atoms with Crippen molar-refractivity contribution in [3.8, 4) is 0 Å². The van der Waals surface area contributed by atoms with E-state index in [1.165, 1.54) is 16.7 Å². The number of carbonyl (C=O) groups is 3. The highest BCUT2D eigenvalue weighted by Crippen LogP contribution is 2.40. The maximum atomic E-state index is 13.1. The normalized spacial score (nSPS) is 19.7. The van der Waals surface area contributed by atoms with Crippen LogP contribution in [-0.2, 0) is 30.3 Å². The lowest BCUT2D eigenvalue weighted by molar-refractivity contribution is -0.689. The van der Waals surface area contributed by atoms with Crippen molar-refractivity contribution in [2.75, 3.05) is 17.4 Å². The van der Waals surface area contributed by atoms with Gasteiger partial charge in [0.1, 0.15) is 23.7 Å². The van der Waals surface area contributed by atoms with E-state index in [1.807, 2.05) is 22.8 Å². The Morgan fingerprint density at radius 2 is 2.08 bits per heavy atom. The van der Waals surface area contributed by atoms with Crippen molar-refractivity contribution in [1.82, 2.24) is 19.6 Å². The number of carboxylic acid groups (broad SMARTS) is 1. The third-order valence-electron chi connectivity index (χ3n) is 5.10. The number of nitrogens with two attached hydrogens (primary N) is 2. The maximum Gasteiger partial charge on any atom is 0.352 e. The van der Waals surface area contributed by atoms with E-state index < -0.39 is 36.8 Å². The average Bonchev–Trinajstić information content (AvgIpc) is 3.29. The summed E-state index contributed by atoms with van der Waals surface area (Å²) in [6, 6.07) is 4.48. The summed E-state index contributed by atoms with van der Waals surface area (Å²) in [7, 11) is -3.65. The maximum absolute atomic E-state index is 13.1. The number of carbonyl (C=O) groups excluding carboxylic acids is 2. The topological polar surface area (TPSA) is 219 Å². The first kappa shape index (κ1) is 26.7. The second-order valence-electron chi connectivity index (χ2n) is 7.77. The number of anilines is 1. The first-order chi connectivity index (χ1) is 17.6. The Morgan fingerprint density at radius 3 is 2.73 bits per heavy atom. The predicted octanol–water partition coefficient (Wildman–Crippen LogP) is -0.558. The highest BCUT2D eigenvalue weighted by atomic mass is 32.2. The summed E-state index contributed by atoms with van der Waals surface area (Å²) in [4.78, 5) is 48.3. The Bertz CT molecular complexity index is 1330. The fourth-order valence-electron chi connectivity index (χ4n) is 3.60. The monoisotopic (exact) mass is 568 g/mol. The lowest BCUT2D eigenvalue weighted by atomic mass is 10.0. The van der Waals surface area contributed by atoms with E-state index in [4.69, 9.17) is 15.8 Å². The predicted molar refractivity (Wildman–Crippen MR) is 134 cm³/mol. The van der Waals surface area contributed by atoms with Crippen molar-refractivity contribution >= 4 is 59.5 Å². The van der Waals surface area contributed by atoms with Gasteiger partial charge in [-0.15, -0.1) is 11.8 Å². The highest BCUT2D eigenvalue weighted by Gasteiger charge is 2.54. The number of oxime groups is 1. The molecule has 2 aromatic heterocycles. The van der Waals surface area contributed by atoms with Crippen LogP contribution in [0, 0.1) is 0 Å². The lowest BCUT2D eigenvalue weighted by Crippen LogP contribution is -2.71. The molecule has 1 unspecified atom stereocenters. The summed E-state index contributed by atoms with van der Waals surface area (Å²) in [6.45, 7) is 2.09. The van der Waals surface area contributed by atoms with E-state index in [2.05, 4.69) is 24.9 Å². The second-order valence-corrected chi connectivity index (χ2v) is 11.3. The molecule has 0 aromatic carbocycles. The van der Waals surface area contributed by atoms with Crippen LogP contribution in [0.3, 0.4) is 0 Å². The van der Waals surface area contributed by atoms with Gasteiger partial charge in [-0.05, 0) is 6.92 Å². The largest absolute Gasteiger partial charge is 0.477 e. The smallest absolute Gasteiger partial charge is 0.352 e. The van der Waals surface area contributed by atoms with Crippen molar-refractivity contribution in [3.63, 3.8) is 0 Å². The van der Waals surface area contributed by atoms with Crippen molar-refractivity contribution in [2.45, 2.75) is 24.9 Å². The Balaban J connectivity index is 1.52. The number of pyridine rings is 1. The SMILES string of the molecule is CCON=C(C(=O)NC1C(=O)N2C(C(=O)O)=C(C[n+]3ccccc3)CS[C@H]12)c1nsc(NP(N)(N)=O)n1. The molecule has 18 heteroatoms. The Kier molecular flexibility index (Phi) is 7.89. The molecule has 196 valence electrons. The van der Waals surface area contributed by atoms with E-state index >= 15 is 0 Å². The molecule has 0 radical (unpaired) electrons. The quantitative estimate of drug-likeness (QED) is 0.0801. The van der Waals surface area contributed by atoms with Gasteiger partial charge in [0.05, 0.1) is 0 Å². The van der Waals surface area contributed by atoms with Crippen LogP contribution in [0.2, 0.25) is 0 Å². The van der Waals surface area contributed by atoms with Crippen LogP contribution in [0.5, 0.6) is 0 Å². The van der Waals surface area contributed by atoms with Crippen LogP contribution in [0.25, 0.3) is 0 Å². The number of fused-ring (bicyclic) bond motifs is 1. The van der Waals surface area contributed by atoms with Gasteiger partial charge in [0, 0.05) is 35.0 Å². The first-order valence-corrected chi connectivity index (χ1v) is 14.4. The molecule has 7 N–H and O–H groups in total. The van der Waals surface area contributed by atoms with Gasteiger partial charge in [-0.25, -0.2) is 9.36 Å². The van der Waals surface area contributed by atoms with Crippen molar-refractivity contribution in [3.05, 3.63) is 47.7 Å². The molecule has 2 atom stereocenters. The zero-order chi connectivity index (χ0) is 26.7. The number of hydrogen-bond acceptors (Lipinski definition) is 10. The molecule has 2 aliphatic heterocycles. The van der Waals surface area contributed by atoms with Crippen molar-refractivity contribution in [2.24, 2.45) is 16.2 Å². The van der Waals surface area contributed by atoms with Crippen LogP contribution >= 0.6 is 30.9 Å². The van der Waals surface area contributed by atoms with Crippen LogP contribution in [0.1, 0.15) is 12.7 Å². The van der Waals surface area contributed by atoms with E-state index in [1.54, 1.807) is 19.3 Å². The summed E-state index contributed by atoms with van der Waals surface area (Å²) < 4.78 is 17.4. The Morgan fingerprint density at radius 1 is 1.35 bits per heavy atom. The summed E-state index contributed by atoms with van der Waals surface area (Å²) in [5.41, 5.74) is 10.7. The number of amides is 2. The van der Waals surface area contributed by atoms with Gasteiger partial charge in [-0.1, -0.05) is 11.2 Å². The van der Waals surface area contributed by atoms with Crippen molar-refractivity contribution in [1.29, 1.82) is 0 Å². The molecule has 2 aliphatic rings. The third kappa shape index (κ3) is 5.97. The van der Waals surface area contributed by atoms with Gasteiger partial charge in [-0.2, -0.15) is 9.36 Å². The number of carboxylic acids is 1. The molecule has 4 heterocycles. The minimum atomic E-state index is -3.65. The molecule has 2 amide bonds. The molecule has 0 saturated carbocycles. The summed E-state index contributed by atoms with van der Waals surface area (Å²) >= 11 is 2.08. The number of aromatic nitrogens is 3. The fourth-order valence-corrected chi connectivity index (χ4v) is 6.31. The molecule has 37 heavy (non-hydrogen) atoms. The average molecular weight is 569 g/mol. The van der Waals surface area contributed by atoms with E-state index in [0.29, 0.717) is 17.9 Å². The number of aliphatic carboxylic acids is 1. The molecule has 1 fully saturated rings. The minimum Gasteiger partial charge on any atom is -0.477 e. The van der Waals surface area contributed by atoms with Gasteiger partial charge in [-0.3, -0.25) is 35.1 Å². The molecule has 15 nitrogen and oxygen atoms in total. The number of β-lactam (4-membered cyclic amide) rings is 1. The standard InChI is InChI=1S/C19H22N9O6PS2/c1-2-34-24-11(14-23-19(37-26-14)25-35(20,21)33)15(29)22-12-16(30)28-13(18(31)32)10(9-36-17(12)28)8-27-6-4-3-5-7-27/h3-7,12,17H,2,8-9H2,1H3,(H6-,20,21,22,23,25,26,29,31,32,33)/p+1/t12?,17-/m1/s1. The molecule has 0 aliphatic carbocycles. The molecule has 2 aromatic rings. The Labute approximate surface area is 218 Å². The zero-order valence-electron chi connectivity index (χ0n) is 19.3. The first-order valence-electron chi connectivity index (χ1n) is 10.7. The number of rotatable bonds is 10. The number of thioether (sulfide) groups is 1. The van der Waals surface area contributed by atoms with Crippen LogP contribution < -0.4 is 26.0 Å². The van der Waals surface area contributed by atoms with E-state index in [-0.39, 0.29) is 29.0 Å². The van der Waals surface area contributed by atoms with E-state index in [9.17, 15) is 24.1 Å². The number of hydrogen-bond donors (Lipinski definition) is 5. The summed E-state index contributed by atoms with van der Waals surface area (Å²) in [5.74, 6) is -2.43. The minimum absolute atomic E-state index is 0.00545. The van der Waals surface area contributed by atoms with Gasteiger partial charge < -0.3 is 15.3 Å². The fraction of sp³-hybridized carbons (Fsp3) is 0.316. The number of nitrogens with zero attached hydrogens (tertiary/aromatic N) is 5. The molecule has 4 rings (SSSR count). The molecule has 0 bridgehead atoms. The molecular formula is C19H23N9O6PS2+. The van der Waals surface area contributed by atoms with Gasteiger partial charge in [0.2, 0.25) is 16.7 Å². The lowest BCUT2D eigenvalue weighted by Gasteiger charge is -2.49. The number of nitrogens with one attached hydrogen (secondary N) is 2. The van der Waals surface area contributed by atoms with Crippen molar-refractivity contribution < 1.29 is 33.5 Å². The zero-order valence-corrected chi connectivity index (χ0v) is 21.8.